The summed E-state index contributed by atoms with van der Waals surface area (Å²) < 4.78 is 23.0. The molecular formula is C20H29IN4O2S. The van der Waals surface area contributed by atoms with E-state index >= 15 is 0 Å². The highest BCUT2D eigenvalue weighted by atomic mass is 127. The number of unbranched alkanes of at least 4 members (excludes halogenated alkanes) is 1. The van der Waals surface area contributed by atoms with Crippen molar-refractivity contribution >= 4 is 40.0 Å². The van der Waals surface area contributed by atoms with E-state index in [-0.39, 0.29) is 28.9 Å². The SMILES string of the molecule is CCCCNC(=NCc1cccc(S(N)(=O)=O)c1)NCc1ccc(C)cc1.I. The molecule has 2 aromatic rings. The predicted octanol–water partition coefficient (Wildman–Crippen LogP) is 3.30. The molecule has 0 unspecified atom stereocenters. The fraction of sp³-hybridized carbons (Fsp3) is 0.350. The van der Waals surface area contributed by atoms with Gasteiger partial charge in [-0.25, -0.2) is 18.5 Å². The molecule has 0 bridgehead atoms. The molecule has 0 aliphatic carbocycles. The zero-order valence-electron chi connectivity index (χ0n) is 16.3. The number of nitrogens with two attached hydrogens (primary N) is 1. The molecule has 0 spiro atoms. The van der Waals surface area contributed by atoms with Crippen molar-refractivity contribution in [2.45, 2.75) is 44.7 Å². The second-order valence-electron chi connectivity index (χ2n) is 6.48. The monoisotopic (exact) mass is 516 g/mol. The van der Waals surface area contributed by atoms with E-state index in [1.54, 1.807) is 12.1 Å². The van der Waals surface area contributed by atoms with Crippen molar-refractivity contribution in [1.29, 1.82) is 0 Å². The smallest absolute Gasteiger partial charge is 0.238 e. The van der Waals surface area contributed by atoms with Gasteiger partial charge in [0.2, 0.25) is 10.0 Å². The molecule has 154 valence electrons. The van der Waals surface area contributed by atoms with E-state index in [1.807, 2.05) is 6.07 Å². The van der Waals surface area contributed by atoms with Crippen LogP contribution in [0.25, 0.3) is 0 Å². The van der Waals surface area contributed by atoms with E-state index in [1.165, 1.54) is 17.2 Å². The maximum Gasteiger partial charge on any atom is 0.238 e. The number of nitrogens with zero attached hydrogens (tertiary/aromatic N) is 1. The number of aliphatic imine (C=N–C) groups is 1. The maximum absolute atomic E-state index is 11.5. The van der Waals surface area contributed by atoms with Crippen molar-refractivity contribution in [3.8, 4) is 0 Å². The maximum atomic E-state index is 11.5. The third-order valence-corrected chi connectivity index (χ3v) is 4.96. The molecule has 2 aromatic carbocycles. The zero-order valence-corrected chi connectivity index (χ0v) is 19.5. The molecule has 0 saturated carbocycles. The summed E-state index contributed by atoms with van der Waals surface area (Å²) in [4.78, 5) is 4.68. The van der Waals surface area contributed by atoms with Crippen molar-refractivity contribution in [2.75, 3.05) is 6.54 Å². The van der Waals surface area contributed by atoms with Crippen molar-refractivity contribution in [1.82, 2.24) is 10.6 Å². The largest absolute Gasteiger partial charge is 0.356 e. The summed E-state index contributed by atoms with van der Waals surface area (Å²) in [7, 11) is -3.71. The Bertz CT molecular complexity index is 868. The molecule has 0 fully saturated rings. The number of hydrogen-bond acceptors (Lipinski definition) is 3. The first-order valence-electron chi connectivity index (χ1n) is 9.08. The summed E-state index contributed by atoms with van der Waals surface area (Å²) >= 11 is 0. The van der Waals surface area contributed by atoms with Crippen LogP contribution in [0.2, 0.25) is 0 Å². The lowest BCUT2D eigenvalue weighted by atomic mass is 10.1. The highest BCUT2D eigenvalue weighted by molar-refractivity contribution is 14.0. The van der Waals surface area contributed by atoms with Gasteiger partial charge in [0.25, 0.3) is 0 Å². The second-order valence-corrected chi connectivity index (χ2v) is 8.04. The molecule has 6 nitrogen and oxygen atoms in total. The van der Waals surface area contributed by atoms with Crippen LogP contribution in [-0.2, 0) is 23.1 Å². The van der Waals surface area contributed by atoms with Gasteiger partial charge in [-0.1, -0.05) is 55.3 Å². The predicted molar refractivity (Wildman–Crippen MR) is 125 cm³/mol. The molecule has 0 aromatic heterocycles. The molecule has 0 heterocycles. The highest BCUT2D eigenvalue weighted by Gasteiger charge is 2.08. The van der Waals surface area contributed by atoms with Gasteiger partial charge in [-0.05, 0) is 36.6 Å². The average molecular weight is 516 g/mol. The average Bonchev–Trinajstić information content (AvgIpc) is 2.64. The topological polar surface area (TPSA) is 96.6 Å². The fourth-order valence-electron chi connectivity index (χ4n) is 2.44. The van der Waals surface area contributed by atoms with E-state index in [0.717, 1.165) is 24.9 Å². The van der Waals surface area contributed by atoms with E-state index in [0.29, 0.717) is 19.0 Å². The number of guanidine groups is 1. The molecule has 0 atom stereocenters. The Morgan fingerprint density at radius 3 is 2.43 bits per heavy atom. The van der Waals surface area contributed by atoms with Crippen LogP contribution in [0, 0.1) is 6.92 Å². The van der Waals surface area contributed by atoms with Gasteiger partial charge >= 0.3 is 0 Å². The lowest BCUT2D eigenvalue weighted by Gasteiger charge is -2.13. The summed E-state index contributed by atoms with van der Waals surface area (Å²) in [6.45, 7) is 6.05. The van der Waals surface area contributed by atoms with Crippen molar-refractivity contribution in [3.05, 3.63) is 65.2 Å². The van der Waals surface area contributed by atoms with Crippen LogP contribution >= 0.6 is 24.0 Å². The van der Waals surface area contributed by atoms with Crippen molar-refractivity contribution in [2.24, 2.45) is 10.1 Å². The second kappa shape index (κ2) is 12.0. The van der Waals surface area contributed by atoms with Gasteiger partial charge in [0.05, 0.1) is 11.4 Å². The lowest BCUT2D eigenvalue weighted by molar-refractivity contribution is 0.597. The molecule has 8 heteroatoms. The number of nitrogens with one attached hydrogen (secondary N) is 2. The molecule has 0 aliphatic heterocycles. The Hall–Kier alpha value is -1.65. The van der Waals surface area contributed by atoms with Crippen LogP contribution in [0.4, 0.5) is 0 Å². The summed E-state index contributed by atoms with van der Waals surface area (Å²) in [5.74, 6) is 0.699. The van der Waals surface area contributed by atoms with Gasteiger partial charge < -0.3 is 10.6 Å². The fourth-order valence-corrected chi connectivity index (χ4v) is 3.02. The molecule has 0 radical (unpaired) electrons. The number of halogens is 1. The quantitative estimate of drug-likeness (QED) is 0.217. The van der Waals surface area contributed by atoms with Crippen LogP contribution in [-0.4, -0.2) is 20.9 Å². The van der Waals surface area contributed by atoms with Crippen LogP contribution in [0.5, 0.6) is 0 Å². The Balaban J connectivity index is 0.00000392. The van der Waals surface area contributed by atoms with Crippen LogP contribution in [0.3, 0.4) is 0 Å². The van der Waals surface area contributed by atoms with E-state index in [4.69, 9.17) is 5.14 Å². The molecule has 28 heavy (non-hydrogen) atoms. The summed E-state index contributed by atoms with van der Waals surface area (Å²) in [5, 5.41) is 11.8. The molecule has 4 N–H and O–H groups in total. The molecular weight excluding hydrogens is 487 g/mol. The molecule has 0 saturated heterocycles. The number of rotatable bonds is 8. The van der Waals surface area contributed by atoms with Gasteiger partial charge in [0, 0.05) is 13.1 Å². The minimum absolute atomic E-state index is 0. The minimum atomic E-state index is -3.71. The normalized spacial score (nSPS) is 11.6. The molecule has 2 rings (SSSR count). The third kappa shape index (κ3) is 8.57. The number of primary sulfonamides is 1. The summed E-state index contributed by atoms with van der Waals surface area (Å²) in [6.07, 6.45) is 2.14. The zero-order chi connectivity index (χ0) is 19.7. The van der Waals surface area contributed by atoms with Crippen molar-refractivity contribution < 1.29 is 8.42 Å². The molecule has 0 aliphatic rings. The van der Waals surface area contributed by atoms with Crippen molar-refractivity contribution in [3.63, 3.8) is 0 Å². The van der Waals surface area contributed by atoms with Gasteiger partial charge in [0.15, 0.2) is 5.96 Å². The molecule has 0 amide bonds. The number of hydrogen-bond donors (Lipinski definition) is 3. The lowest BCUT2D eigenvalue weighted by Crippen LogP contribution is -2.37. The number of aryl methyl sites for hydroxylation is 1. The van der Waals surface area contributed by atoms with E-state index < -0.39 is 10.0 Å². The highest BCUT2D eigenvalue weighted by Crippen LogP contribution is 2.10. The van der Waals surface area contributed by atoms with Crippen LogP contribution in [0.1, 0.15) is 36.5 Å². The Kier molecular flexibility index (Phi) is 10.5. The Morgan fingerprint density at radius 2 is 1.79 bits per heavy atom. The standard InChI is InChI=1S/C20H28N4O2S.HI/c1-3-4-12-22-20(23-14-17-10-8-16(2)9-11-17)24-15-18-6-5-7-19(13-18)27(21,25)26;/h5-11,13H,3-4,12,14-15H2,1-2H3,(H2,21,25,26)(H2,22,23,24);1H. The van der Waals surface area contributed by atoms with E-state index in [2.05, 4.69) is 53.7 Å². The number of sulfonamides is 1. The Labute approximate surface area is 185 Å². The number of benzene rings is 2. The van der Waals surface area contributed by atoms with Gasteiger partial charge in [-0.15, -0.1) is 24.0 Å². The minimum Gasteiger partial charge on any atom is -0.356 e. The van der Waals surface area contributed by atoms with Gasteiger partial charge in [-0.3, -0.25) is 0 Å². The van der Waals surface area contributed by atoms with Gasteiger partial charge in [0.1, 0.15) is 0 Å². The van der Waals surface area contributed by atoms with E-state index in [9.17, 15) is 8.42 Å². The Morgan fingerprint density at radius 1 is 1.07 bits per heavy atom. The third-order valence-electron chi connectivity index (χ3n) is 4.05. The summed E-state index contributed by atoms with van der Waals surface area (Å²) in [5.41, 5.74) is 3.18. The van der Waals surface area contributed by atoms with Crippen LogP contribution in [0.15, 0.2) is 58.4 Å². The first-order valence-corrected chi connectivity index (χ1v) is 10.6. The van der Waals surface area contributed by atoms with Crippen LogP contribution < -0.4 is 15.8 Å². The summed E-state index contributed by atoms with van der Waals surface area (Å²) in [6, 6.07) is 14.9. The van der Waals surface area contributed by atoms with Gasteiger partial charge in [-0.2, -0.15) is 0 Å². The first kappa shape index (κ1) is 24.4. The first-order chi connectivity index (χ1) is 12.9.